The maximum atomic E-state index is 12.1. The number of benzene rings is 2. The van der Waals surface area contributed by atoms with Crippen LogP contribution in [0.4, 0.5) is 0 Å². The van der Waals surface area contributed by atoms with Crippen molar-refractivity contribution in [3.8, 4) is 5.75 Å². The van der Waals surface area contributed by atoms with Gasteiger partial charge in [-0.05, 0) is 37.0 Å². The minimum Gasteiger partial charge on any atom is -0.493 e. The Morgan fingerprint density at radius 3 is 2.43 bits per heavy atom. The highest BCUT2D eigenvalue weighted by Gasteiger charge is 2.38. The van der Waals surface area contributed by atoms with Gasteiger partial charge in [-0.2, -0.15) is 0 Å². The predicted molar refractivity (Wildman–Crippen MR) is 107 cm³/mol. The third-order valence-corrected chi connectivity index (χ3v) is 5.34. The highest BCUT2D eigenvalue weighted by Crippen LogP contribution is 2.43. The number of para-hydroxylation sites is 1. The second kappa shape index (κ2) is 9.40. The smallest absolute Gasteiger partial charge is 0.309 e. The topological polar surface area (TPSA) is 64.6 Å². The van der Waals surface area contributed by atoms with Gasteiger partial charge in [-0.15, -0.1) is 0 Å². The minimum absolute atomic E-state index is 0.0162. The number of aryl methyl sites for hydroxylation is 1. The first-order valence-corrected chi connectivity index (χ1v) is 9.75. The van der Waals surface area contributed by atoms with Crippen molar-refractivity contribution in [3.63, 3.8) is 0 Å². The molecule has 0 aromatic heterocycles. The Kier molecular flexibility index (Phi) is 6.69. The molecule has 0 unspecified atom stereocenters. The molecule has 148 valence electrons. The fraction of sp³-hybridized carbons (Fsp3) is 0.391. The zero-order chi connectivity index (χ0) is 19.8. The monoisotopic (exact) mass is 381 g/mol. The predicted octanol–water partition coefficient (Wildman–Crippen LogP) is 3.55. The van der Waals surface area contributed by atoms with E-state index in [1.807, 2.05) is 49.4 Å². The van der Waals surface area contributed by atoms with Gasteiger partial charge in [-0.25, -0.2) is 0 Å². The molecule has 0 atom stereocenters. The third-order valence-electron chi connectivity index (χ3n) is 5.34. The number of nitrogens with one attached hydrogen (secondary N) is 1. The summed E-state index contributed by atoms with van der Waals surface area (Å²) in [5.74, 6) is 0.0419. The van der Waals surface area contributed by atoms with Crippen molar-refractivity contribution in [1.29, 1.82) is 0 Å². The standard InChI is InChI=1S/C23H27NO4/c1-18-8-5-6-11-20(18)27-15-12-22(26)28-16-21(25)24-17-23(13-7-14-23)19-9-3-2-4-10-19/h2-6,8-11H,7,12-17H2,1H3,(H,24,25). The van der Waals surface area contributed by atoms with Crippen LogP contribution in [-0.2, 0) is 19.7 Å². The summed E-state index contributed by atoms with van der Waals surface area (Å²) in [6, 6.07) is 17.9. The fourth-order valence-corrected chi connectivity index (χ4v) is 3.46. The van der Waals surface area contributed by atoms with Crippen LogP contribution in [0.15, 0.2) is 54.6 Å². The number of esters is 1. The number of amides is 1. The lowest BCUT2D eigenvalue weighted by molar-refractivity contribution is -0.149. The summed E-state index contributed by atoms with van der Waals surface area (Å²) in [4.78, 5) is 23.9. The normalized spacial score (nSPS) is 14.6. The van der Waals surface area contributed by atoms with Crippen molar-refractivity contribution in [1.82, 2.24) is 5.32 Å². The molecule has 1 saturated carbocycles. The summed E-state index contributed by atoms with van der Waals surface area (Å²) in [6.45, 7) is 2.49. The van der Waals surface area contributed by atoms with Crippen molar-refractivity contribution in [3.05, 3.63) is 65.7 Å². The van der Waals surface area contributed by atoms with E-state index < -0.39 is 5.97 Å². The fourth-order valence-electron chi connectivity index (χ4n) is 3.46. The Labute approximate surface area is 166 Å². The lowest BCUT2D eigenvalue weighted by Gasteiger charge is -2.42. The molecule has 1 amide bonds. The summed E-state index contributed by atoms with van der Waals surface area (Å²) < 4.78 is 10.6. The molecule has 1 aliphatic rings. The Hall–Kier alpha value is -2.82. The Bertz CT molecular complexity index is 799. The summed E-state index contributed by atoms with van der Waals surface area (Å²) >= 11 is 0. The van der Waals surface area contributed by atoms with Crippen LogP contribution in [0.3, 0.4) is 0 Å². The van der Waals surface area contributed by atoms with Gasteiger partial charge in [-0.3, -0.25) is 9.59 Å². The van der Waals surface area contributed by atoms with Gasteiger partial charge in [0.05, 0.1) is 13.0 Å². The molecule has 0 spiro atoms. The van der Waals surface area contributed by atoms with Crippen LogP contribution in [0.2, 0.25) is 0 Å². The van der Waals surface area contributed by atoms with E-state index in [1.165, 1.54) is 12.0 Å². The molecular weight excluding hydrogens is 354 g/mol. The maximum Gasteiger partial charge on any atom is 0.309 e. The molecule has 2 aromatic carbocycles. The van der Waals surface area contributed by atoms with Crippen LogP contribution >= 0.6 is 0 Å². The molecule has 0 bridgehead atoms. The van der Waals surface area contributed by atoms with Gasteiger partial charge in [0.25, 0.3) is 5.91 Å². The summed E-state index contributed by atoms with van der Waals surface area (Å²) in [6.07, 6.45) is 3.40. The van der Waals surface area contributed by atoms with Gasteiger partial charge in [0.1, 0.15) is 5.75 Å². The van der Waals surface area contributed by atoms with Gasteiger partial charge >= 0.3 is 5.97 Å². The quantitative estimate of drug-likeness (QED) is 0.675. The number of carbonyl (C=O) groups excluding carboxylic acids is 2. The SMILES string of the molecule is Cc1ccccc1OCCC(=O)OCC(=O)NCC1(c2ccccc2)CCC1. The highest BCUT2D eigenvalue weighted by molar-refractivity contribution is 5.80. The summed E-state index contributed by atoms with van der Waals surface area (Å²) in [7, 11) is 0. The molecule has 2 aromatic rings. The van der Waals surface area contributed by atoms with E-state index in [2.05, 4.69) is 17.4 Å². The molecule has 5 heteroatoms. The minimum atomic E-state index is -0.440. The van der Waals surface area contributed by atoms with Crippen LogP contribution in [0.25, 0.3) is 0 Å². The molecule has 5 nitrogen and oxygen atoms in total. The number of hydrogen-bond acceptors (Lipinski definition) is 4. The first kappa shape index (κ1) is 19.9. The first-order chi connectivity index (χ1) is 13.6. The van der Waals surface area contributed by atoms with Crippen LogP contribution in [0.1, 0.15) is 36.8 Å². The lowest BCUT2D eigenvalue weighted by Crippen LogP contribution is -2.46. The zero-order valence-electron chi connectivity index (χ0n) is 16.3. The Morgan fingerprint density at radius 1 is 1.04 bits per heavy atom. The lowest BCUT2D eigenvalue weighted by atomic mass is 9.64. The summed E-state index contributed by atoms with van der Waals surface area (Å²) in [5.41, 5.74) is 2.29. The molecule has 1 N–H and O–H groups in total. The van der Waals surface area contributed by atoms with Crippen LogP contribution in [-0.4, -0.2) is 31.6 Å². The maximum absolute atomic E-state index is 12.1. The van der Waals surface area contributed by atoms with E-state index in [0.717, 1.165) is 24.2 Å². The number of ether oxygens (including phenoxy) is 2. The average molecular weight is 381 g/mol. The van der Waals surface area contributed by atoms with Gasteiger partial charge in [-0.1, -0.05) is 55.0 Å². The van der Waals surface area contributed by atoms with Crippen LogP contribution in [0, 0.1) is 6.92 Å². The number of rotatable bonds is 9. The average Bonchev–Trinajstić information content (AvgIpc) is 2.68. The van der Waals surface area contributed by atoms with E-state index in [1.54, 1.807) is 0 Å². The van der Waals surface area contributed by atoms with Crippen LogP contribution < -0.4 is 10.1 Å². The molecule has 1 aliphatic carbocycles. The van der Waals surface area contributed by atoms with Crippen molar-refractivity contribution in [2.45, 2.75) is 38.0 Å². The van der Waals surface area contributed by atoms with E-state index in [4.69, 9.17) is 9.47 Å². The second-order valence-electron chi connectivity index (χ2n) is 7.30. The molecule has 1 fully saturated rings. The number of carbonyl (C=O) groups is 2. The summed E-state index contributed by atoms with van der Waals surface area (Å²) in [5, 5.41) is 2.92. The van der Waals surface area contributed by atoms with E-state index in [9.17, 15) is 9.59 Å². The second-order valence-corrected chi connectivity index (χ2v) is 7.30. The molecule has 0 aliphatic heterocycles. The van der Waals surface area contributed by atoms with Gasteiger partial charge in [0.2, 0.25) is 0 Å². The zero-order valence-corrected chi connectivity index (χ0v) is 16.3. The Balaban J connectivity index is 1.36. The van der Waals surface area contributed by atoms with Gasteiger partial charge in [0.15, 0.2) is 6.61 Å². The molecule has 3 rings (SSSR count). The van der Waals surface area contributed by atoms with Crippen molar-refractivity contribution < 1.29 is 19.1 Å². The highest BCUT2D eigenvalue weighted by atomic mass is 16.5. The third kappa shape index (κ3) is 5.12. The van der Waals surface area contributed by atoms with Crippen molar-refractivity contribution >= 4 is 11.9 Å². The van der Waals surface area contributed by atoms with Crippen molar-refractivity contribution in [2.24, 2.45) is 0 Å². The number of hydrogen-bond donors (Lipinski definition) is 1. The molecular formula is C23H27NO4. The largest absolute Gasteiger partial charge is 0.493 e. The molecule has 28 heavy (non-hydrogen) atoms. The van der Waals surface area contributed by atoms with Gasteiger partial charge < -0.3 is 14.8 Å². The van der Waals surface area contributed by atoms with Gasteiger partial charge in [0, 0.05) is 12.0 Å². The first-order valence-electron chi connectivity index (χ1n) is 9.75. The van der Waals surface area contributed by atoms with Crippen molar-refractivity contribution in [2.75, 3.05) is 19.8 Å². The van der Waals surface area contributed by atoms with E-state index in [0.29, 0.717) is 6.54 Å². The Morgan fingerprint density at radius 2 is 1.75 bits per heavy atom. The molecule has 0 saturated heterocycles. The van der Waals surface area contributed by atoms with E-state index in [-0.39, 0.29) is 31.0 Å². The van der Waals surface area contributed by atoms with Crippen LogP contribution in [0.5, 0.6) is 5.75 Å². The van der Waals surface area contributed by atoms with E-state index >= 15 is 0 Å². The molecule has 0 radical (unpaired) electrons. The molecule has 0 heterocycles.